The molecule has 8 nitrogen and oxygen atoms in total. The molecule has 0 spiro atoms. The van der Waals surface area contributed by atoms with Crippen molar-refractivity contribution >= 4 is 5.91 Å². The average molecular weight is 406 g/mol. The molecule has 0 saturated carbocycles. The van der Waals surface area contributed by atoms with Crippen molar-refractivity contribution in [2.45, 2.75) is 18.7 Å². The molecule has 3 aromatic rings. The maximum Gasteiger partial charge on any atom is 0.311 e. The minimum absolute atomic E-state index is 0.000943. The van der Waals surface area contributed by atoms with Gasteiger partial charge in [-0.15, -0.1) is 10.2 Å². The Hall–Kier alpha value is -3.23. The number of amides is 1. The summed E-state index contributed by atoms with van der Waals surface area (Å²) in [6, 6.07) is 17.9. The highest BCUT2D eigenvalue weighted by Crippen LogP contribution is 2.22. The summed E-state index contributed by atoms with van der Waals surface area (Å²) in [6.45, 7) is 3.37. The van der Waals surface area contributed by atoms with Crippen LogP contribution in [0.25, 0.3) is 11.5 Å². The molecule has 30 heavy (non-hydrogen) atoms. The lowest BCUT2D eigenvalue weighted by atomic mass is 10.1. The monoisotopic (exact) mass is 406 g/mol. The first-order valence-corrected chi connectivity index (χ1v) is 9.99. The van der Waals surface area contributed by atoms with Crippen molar-refractivity contribution in [3.63, 3.8) is 0 Å². The lowest BCUT2D eigenvalue weighted by Crippen LogP contribution is -2.56. The molecule has 1 aromatic heterocycles. The number of nitrogens with one attached hydrogen (secondary N) is 1. The SMILES string of the molecule is O=C(c1nnc(-c2ccccc2)o1)N1CC(Oc2ccc(CNC3COC3)cc2)C1. The fourth-order valence-electron chi connectivity index (χ4n) is 3.31. The number of aromatic nitrogens is 2. The molecule has 5 rings (SSSR count). The molecular weight excluding hydrogens is 384 g/mol. The standard InChI is InChI=1S/C22H22N4O4/c27-22(21-25-24-20(30-21)16-4-2-1-3-5-16)26-11-19(12-26)29-18-8-6-15(7-9-18)10-23-17-13-28-14-17/h1-9,17,19,23H,10-14H2. The molecule has 0 radical (unpaired) electrons. The van der Waals surface area contributed by atoms with E-state index in [9.17, 15) is 4.79 Å². The number of hydrogen-bond donors (Lipinski definition) is 1. The molecule has 1 amide bonds. The van der Waals surface area contributed by atoms with Gasteiger partial charge in [0.05, 0.1) is 32.3 Å². The largest absolute Gasteiger partial charge is 0.487 e. The van der Waals surface area contributed by atoms with E-state index in [2.05, 4.69) is 15.5 Å². The van der Waals surface area contributed by atoms with Crippen LogP contribution in [-0.4, -0.2) is 59.5 Å². The first-order valence-electron chi connectivity index (χ1n) is 9.99. The summed E-state index contributed by atoms with van der Waals surface area (Å²) in [4.78, 5) is 14.2. The van der Waals surface area contributed by atoms with E-state index < -0.39 is 0 Å². The van der Waals surface area contributed by atoms with Crippen LogP contribution in [0.1, 0.15) is 16.2 Å². The van der Waals surface area contributed by atoms with Crippen molar-refractivity contribution in [3.8, 4) is 17.2 Å². The zero-order valence-corrected chi connectivity index (χ0v) is 16.4. The molecular formula is C22H22N4O4. The van der Waals surface area contributed by atoms with Crippen LogP contribution in [0.15, 0.2) is 59.0 Å². The Kier molecular flexibility index (Phi) is 5.17. The van der Waals surface area contributed by atoms with Crippen LogP contribution in [0.3, 0.4) is 0 Å². The third kappa shape index (κ3) is 4.05. The Balaban J connectivity index is 1.10. The fourth-order valence-corrected chi connectivity index (χ4v) is 3.31. The second kappa shape index (κ2) is 8.25. The zero-order chi connectivity index (χ0) is 20.3. The van der Waals surface area contributed by atoms with Crippen LogP contribution < -0.4 is 10.1 Å². The summed E-state index contributed by atoms with van der Waals surface area (Å²) in [5.74, 6) is 0.866. The highest BCUT2D eigenvalue weighted by atomic mass is 16.5. The number of benzene rings is 2. The van der Waals surface area contributed by atoms with Crippen molar-refractivity contribution in [2.24, 2.45) is 0 Å². The lowest BCUT2D eigenvalue weighted by Gasteiger charge is -2.38. The minimum Gasteiger partial charge on any atom is -0.487 e. The molecule has 3 heterocycles. The van der Waals surface area contributed by atoms with Gasteiger partial charge in [0, 0.05) is 12.1 Å². The number of ether oxygens (including phenoxy) is 2. The van der Waals surface area contributed by atoms with Crippen molar-refractivity contribution in [3.05, 3.63) is 66.1 Å². The van der Waals surface area contributed by atoms with Gasteiger partial charge >= 0.3 is 11.8 Å². The molecule has 0 unspecified atom stereocenters. The van der Waals surface area contributed by atoms with Gasteiger partial charge in [0.1, 0.15) is 11.9 Å². The highest BCUT2D eigenvalue weighted by Gasteiger charge is 2.35. The highest BCUT2D eigenvalue weighted by molar-refractivity contribution is 5.90. The molecule has 0 atom stereocenters. The summed E-state index contributed by atoms with van der Waals surface area (Å²) >= 11 is 0. The molecule has 2 aliphatic heterocycles. The topological polar surface area (TPSA) is 89.7 Å². The molecule has 154 valence electrons. The van der Waals surface area contributed by atoms with Crippen molar-refractivity contribution < 1.29 is 18.7 Å². The number of rotatable bonds is 7. The maximum absolute atomic E-state index is 12.5. The number of nitrogens with zero attached hydrogens (tertiary/aromatic N) is 3. The molecule has 1 N–H and O–H groups in total. The van der Waals surface area contributed by atoms with Gasteiger partial charge in [-0.3, -0.25) is 4.79 Å². The summed E-state index contributed by atoms with van der Waals surface area (Å²) < 4.78 is 16.6. The van der Waals surface area contributed by atoms with Gasteiger partial charge in [0.2, 0.25) is 5.89 Å². The Morgan fingerprint density at radius 2 is 1.83 bits per heavy atom. The second-order valence-corrected chi connectivity index (χ2v) is 7.49. The minimum atomic E-state index is -0.272. The van der Waals surface area contributed by atoms with Gasteiger partial charge in [-0.2, -0.15) is 0 Å². The van der Waals surface area contributed by atoms with Crippen molar-refractivity contribution in [1.82, 2.24) is 20.4 Å². The van der Waals surface area contributed by atoms with E-state index in [0.29, 0.717) is 25.0 Å². The summed E-state index contributed by atoms with van der Waals surface area (Å²) in [7, 11) is 0. The first-order chi connectivity index (χ1) is 14.7. The lowest BCUT2D eigenvalue weighted by molar-refractivity contribution is -0.00579. The predicted octanol–water partition coefficient (Wildman–Crippen LogP) is 2.13. The Morgan fingerprint density at radius 1 is 1.07 bits per heavy atom. The first kappa shape index (κ1) is 18.8. The van der Waals surface area contributed by atoms with E-state index in [1.54, 1.807) is 4.90 Å². The Labute approximate surface area is 173 Å². The smallest absolute Gasteiger partial charge is 0.311 e. The van der Waals surface area contributed by atoms with Crippen molar-refractivity contribution in [1.29, 1.82) is 0 Å². The Morgan fingerprint density at radius 3 is 2.53 bits per heavy atom. The molecule has 0 bridgehead atoms. The average Bonchev–Trinajstić information content (AvgIpc) is 3.21. The van der Waals surface area contributed by atoms with E-state index in [0.717, 1.165) is 31.1 Å². The molecule has 2 saturated heterocycles. The van der Waals surface area contributed by atoms with Gasteiger partial charge in [-0.25, -0.2) is 0 Å². The number of carbonyl (C=O) groups is 1. The number of carbonyl (C=O) groups excluding carboxylic acids is 1. The van der Waals surface area contributed by atoms with Gasteiger partial charge in [0.25, 0.3) is 0 Å². The molecule has 2 aliphatic rings. The molecule has 2 aromatic carbocycles. The molecule has 8 heteroatoms. The zero-order valence-electron chi connectivity index (χ0n) is 16.4. The van der Waals surface area contributed by atoms with E-state index in [-0.39, 0.29) is 17.9 Å². The van der Waals surface area contributed by atoms with Gasteiger partial charge in [-0.05, 0) is 29.8 Å². The predicted molar refractivity (Wildman–Crippen MR) is 108 cm³/mol. The van der Waals surface area contributed by atoms with Gasteiger partial charge in [0.15, 0.2) is 0 Å². The second-order valence-electron chi connectivity index (χ2n) is 7.49. The van der Waals surface area contributed by atoms with Crippen LogP contribution in [-0.2, 0) is 11.3 Å². The molecule has 2 fully saturated rings. The summed E-state index contributed by atoms with van der Waals surface area (Å²) in [5.41, 5.74) is 1.99. The molecule has 0 aliphatic carbocycles. The third-order valence-corrected chi connectivity index (χ3v) is 5.22. The van der Waals surface area contributed by atoms with Crippen LogP contribution in [0, 0.1) is 0 Å². The Bertz CT molecular complexity index is 995. The number of hydrogen-bond acceptors (Lipinski definition) is 7. The van der Waals surface area contributed by atoms with E-state index in [1.807, 2.05) is 54.6 Å². The summed E-state index contributed by atoms with van der Waals surface area (Å²) in [6.07, 6.45) is -0.0402. The van der Waals surface area contributed by atoms with Crippen LogP contribution in [0.4, 0.5) is 0 Å². The normalized spacial score (nSPS) is 16.7. The van der Waals surface area contributed by atoms with Gasteiger partial charge < -0.3 is 24.1 Å². The van der Waals surface area contributed by atoms with E-state index in [1.165, 1.54) is 5.56 Å². The quantitative estimate of drug-likeness (QED) is 0.643. The summed E-state index contributed by atoms with van der Waals surface area (Å²) in [5, 5.41) is 11.3. The number of likely N-dealkylation sites (tertiary alicyclic amines) is 1. The van der Waals surface area contributed by atoms with Crippen LogP contribution in [0.5, 0.6) is 5.75 Å². The third-order valence-electron chi connectivity index (χ3n) is 5.22. The van der Waals surface area contributed by atoms with Crippen LogP contribution in [0.2, 0.25) is 0 Å². The van der Waals surface area contributed by atoms with Crippen LogP contribution >= 0.6 is 0 Å². The van der Waals surface area contributed by atoms with Crippen molar-refractivity contribution in [2.75, 3.05) is 26.3 Å². The van der Waals surface area contributed by atoms with Gasteiger partial charge in [-0.1, -0.05) is 30.3 Å². The van der Waals surface area contributed by atoms with E-state index in [4.69, 9.17) is 13.9 Å². The maximum atomic E-state index is 12.5. The fraction of sp³-hybridized carbons (Fsp3) is 0.318. The van der Waals surface area contributed by atoms with E-state index >= 15 is 0 Å².